The fourth-order valence-electron chi connectivity index (χ4n) is 2.86. The summed E-state index contributed by atoms with van der Waals surface area (Å²) in [6.45, 7) is 4.15. The van der Waals surface area contributed by atoms with Gasteiger partial charge in [-0.25, -0.2) is 0 Å². The summed E-state index contributed by atoms with van der Waals surface area (Å²) in [4.78, 5) is 15.4. The molecule has 2 aromatic carbocycles. The van der Waals surface area contributed by atoms with Gasteiger partial charge in [-0.15, -0.1) is 0 Å². The molecule has 0 saturated carbocycles. The van der Waals surface area contributed by atoms with Crippen LogP contribution in [0.1, 0.15) is 11.1 Å². The lowest BCUT2D eigenvalue weighted by Crippen LogP contribution is -2.10. The van der Waals surface area contributed by atoms with Gasteiger partial charge in [-0.3, -0.25) is 4.79 Å². The lowest BCUT2D eigenvalue weighted by Gasteiger charge is -2.06. The quantitative estimate of drug-likeness (QED) is 0.517. The van der Waals surface area contributed by atoms with E-state index < -0.39 is 0 Å². The highest BCUT2D eigenvalue weighted by Gasteiger charge is 2.10. The van der Waals surface area contributed by atoms with Crippen LogP contribution in [0.25, 0.3) is 27.3 Å². The minimum Gasteiger partial charge on any atom is -0.319 e. The lowest BCUT2D eigenvalue weighted by atomic mass is 10.1. The van der Waals surface area contributed by atoms with Gasteiger partial charge < -0.3 is 9.38 Å². The van der Waals surface area contributed by atoms with Crippen molar-refractivity contribution in [3.63, 3.8) is 0 Å². The van der Waals surface area contributed by atoms with Gasteiger partial charge >= 0.3 is 0 Å². The number of fused-ring (bicyclic) bond motifs is 5. The summed E-state index contributed by atoms with van der Waals surface area (Å²) in [7, 11) is 0. The van der Waals surface area contributed by atoms with E-state index in [9.17, 15) is 4.79 Å². The average Bonchev–Trinajstić information content (AvgIpc) is 2.81. The topological polar surface area (TPSA) is 37.3 Å². The third-order valence-electron chi connectivity index (χ3n) is 4.06. The van der Waals surface area contributed by atoms with E-state index in [1.807, 2.05) is 40.9 Å². The Labute approximate surface area is 115 Å². The molecular formula is C17H14N2O. The van der Waals surface area contributed by atoms with Crippen LogP contribution in [0.15, 0.2) is 47.4 Å². The van der Waals surface area contributed by atoms with Crippen LogP contribution in [0.2, 0.25) is 0 Å². The molecule has 0 aliphatic carbocycles. The number of aromatic nitrogens is 2. The molecule has 3 nitrogen and oxygen atoms in total. The third-order valence-corrected chi connectivity index (χ3v) is 4.06. The average molecular weight is 262 g/mol. The van der Waals surface area contributed by atoms with Gasteiger partial charge in [-0.2, -0.15) is 0 Å². The third kappa shape index (κ3) is 1.37. The van der Waals surface area contributed by atoms with E-state index in [1.165, 1.54) is 11.1 Å². The number of nitrogens with zero attached hydrogens (tertiary/aromatic N) is 1. The Morgan fingerprint density at radius 2 is 1.80 bits per heavy atom. The molecule has 0 saturated heterocycles. The molecule has 3 heteroatoms. The molecule has 0 bridgehead atoms. The lowest BCUT2D eigenvalue weighted by molar-refractivity contribution is 1.18. The first-order valence-electron chi connectivity index (χ1n) is 6.68. The van der Waals surface area contributed by atoms with Crippen LogP contribution < -0.4 is 5.56 Å². The van der Waals surface area contributed by atoms with Crippen LogP contribution in [-0.2, 0) is 0 Å². The number of nitrogens with one attached hydrogen (secondary N) is 1. The summed E-state index contributed by atoms with van der Waals surface area (Å²) in [5.74, 6) is 0. The molecule has 2 heterocycles. The molecule has 0 aliphatic rings. The maximum atomic E-state index is 12.4. The summed E-state index contributed by atoms with van der Waals surface area (Å²) in [5.41, 5.74) is 5.01. The normalized spacial score (nSPS) is 11.7. The van der Waals surface area contributed by atoms with Crippen LogP contribution in [0, 0.1) is 13.8 Å². The van der Waals surface area contributed by atoms with E-state index in [-0.39, 0.29) is 5.56 Å². The number of hydrogen-bond donors (Lipinski definition) is 1. The van der Waals surface area contributed by atoms with Crippen LogP contribution in [-0.4, -0.2) is 9.38 Å². The molecule has 20 heavy (non-hydrogen) atoms. The smallest absolute Gasteiger partial charge is 0.273 e. The zero-order chi connectivity index (χ0) is 13.9. The minimum absolute atomic E-state index is 0.0399. The maximum absolute atomic E-state index is 12.4. The van der Waals surface area contributed by atoms with Crippen molar-refractivity contribution in [1.29, 1.82) is 0 Å². The second-order valence-corrected chi connectivity index (χ2v) is 5.34. The van der Waals surface area contributed by atoms with Crippen molar-refractivity contribution in [3.05, 3.63) is 64.1 Å². The maximum Gasteiger partial charge on any atom is 0.273 e. The molecule has 0 spiro atoms. The van der Waals surface area contributed by atoms with E-state index in [1.54, 1.807) is 0 Å². The van der Waals surface area contributed by atoms with Crippen LogP contribution in [0.4, 0.5) is 0 Å². The summed E-state index contributed by atoms with van der Waals surface area (Å²) in [6.07, 6.45) is 2.04. The Hall–Kier alpha value is -2.55. The van der Waals surface area contributed by atoms with Gasteiger partial charge in [0.1, 0.15) is 5.52 Å². The van der Waals surface area contributed by atoms with Gasteiger partial charge in [-0.1, -0.05) is 24.3 Å². The molecule has 98 valence electrons. The molecule has 0 atom stereocenters. The minimum atomic E-state index is -0.0399. The monoisotopic (exact) mass is 262 g/mol. The van der Waals surface area contributed by atoms with Crippen molar-refractivity contribution >= 4 is 27.3 Å². The predicted molar refractivity (Wildman–Crippen MR) is 82.5 cm³/mol. The van der Waals surface area contributed by atoms with Crippen molar-refractivity contribution in [3.8, 4) is 0 Å². The molecule has 1 N–H and O–H groups in total. The Balaban J connectivity index is 2.35. The molecule has 0 aliphatic heterocycles. The first-order chi connectivity index (χ1) is 9.65. The second-order valence-electron chi connectivity index (χ2n) is 5.34. The molecule has 4 aromatic rings. The predicted octanol–water partition coefficient (Wildman–Crippen LogP) is 3.55. The molecule has 0 fully saturated rings. The summed E-state index contributed by atoms with van der Waals surface area (Å²) in [5, 5.41) is 2.08. The van der Waals surface area contributed by atoms with Crippen molar-refractivity contribution in [1.82, 2.24) is 9.38 Å². The number of rotatable bonds is 0. The summed E-state index contributed by atoms with van der Waals surface area (Å²) < 4.78 is 2.01. The number of aromatic amines is 1. The first kappa shape index (κ1) is 11.3. The van der Waals surface area contributed by atoms with Gasteiger partial charge in [0.2, 0.25) is 0 Å². The molecule has 0 unspecified atom stereocenters. The molecule has 0 amide bonds. The van der Waals surface area contributed by atoms with Crippen molar-refractivity contribution in [2.24, 2.45) is 0 Å². The fourth-order valence-corrected chi connectivity index (χ4v) is 2.86. The highest BCUT2D eigenvalue weighted by Crippen LogP contribution is 2.24. The van der Waals surface area contributed by atoms with Crippen LogP contribution in [0.3, 0.4) is 0 Å². The second kappa shape index (κ2) is 3.73. The Morgan fingerprint density at radius 3 is 2.65 bits per heavy atom. The number of H-pyrrole nitrogens is 1. The van der Waals surface area contributed by atoms with E-state index in [0.29, 0.717) is 0 Å². The standard InChI is InChI=1S/C17H14N2O/c1-10-7-14-15(8-11(10)2)19-9-12-5-3-4-6-13(12)16(19)17(20)18-14/h3-9H,1-2H3,(H,18,20). The molecular weight excluding hydrogens is 248 g/mol. The highest BCUT2D eigenvalue weighted by atomic mass is 16.1. The highest BCUT2D eigenvalue weighted by molar-refractivity contribution is 5.99. The van der Waals surface area contributed by atoms with Gasteiger partial charge in [-0.05, 0) is 37.1 Å². The van der Waals surface area contributed by atoms with Gasteiger partial charge in [0.05, 0.1) is 11.0 Å². The van der Waals surface area contributed by atoms with Gasteiger partial charge in [0, 0.05) is 17.0 Å². The number of aryl methyl sites for hydroxylation is 2. The summed E-state index contributed by atoms with van der Waals surface area (Å²) >= 11 is 0. The Bertz CT molecular complexity index is 1040. The Morgan fingerprint density at radius 1 is 1.05 bits per heavy atom. The van der Waals surface area contributed by atoms with Crippen LogP contribution >= 0.6 is 0 Å². The zero-order valence-corrected chi connectivity index (χ0v) is 11.4. The number of benzene rings is 2. The van der Waals surface area contributed by atoms with E-state index in [0.717, 1.165) is 27.3 Å². The SMILES string of the molecule is Cc1cc2[nH]c(=O)c3c4ccccc4cn3c2cc1C. The Kier molecular flexibility index (Phi) is 2.11. The van der Waals surface area contributed by atoms with E-state index in [2.05, 4.69) is 24.9 Å². The summed E-state index contributed by atoms with van der Waals surface area (Å²) in [6, 6.07) is 12.2. The first-order valence-corrected chi connectivity index (χ1v) is 6.68. The van der Waals surface area contributed by atoms with Gasteiger partial charge in [0.25, 0.3) is 5.56 Å². The van der Waals surface area contributed by atoms with Crippen molar-refractivity contribution in [2.45, 2.75) is 13.8 Å². The molecule has 0 radical (unpaired) electrons. The largest absolute Gasteiger partial charge is 0.319 e. The molecule has 4 rings (SSSR count). The van der Waals surface area contributed by atoms with E-state index >= 15 is 0 Å². The van der Waals surface area contributed by atoms with Gasteiger partial charge in [0.15, 0.2) is 0 Å². The number of hydrogen-bond acceptors (Lipinski definition) is 1. The van der Waals surface area contributed by atoms with Crippen molar-refractivity contribution < 1.29 is 0 Å². The van der Waals surface area contributed by atoms with E-state index in [4.69, 9.17) is 0 Å². The van der Waals surface area contributed by atoms with Crippen molar-refractivity contribution in [2.75, 3.05) is 0 Å². The fraction of sp³-hybridized carbons (Fsp3) is 0.118. The molecule has 2 aromatic heterocycles. The van der Waals surface area contributed by atoms with Crippen LogP contribution in [0.5, 0.6) is 0 Å². The zero-order valence-electron chi connectivity index (χ0n) is 11.4.